The average Bonchev–Trinajstić information content (AvgIpc) is 3.06. The number of rotatable bonds is 8. The lowest BCUT2D eigenvalue weighted by Crippen LogP contribution is -2.49. The van der Waals surface area contributed by atoms with Crippen molar-refractivity contribution in [3.05, 3.63) is 0 Å². The minimum Gasteiger partial charge on any atom is -0.388 e. The van der Waals surface area contributed by atoms with E-state index in [2.05, 4.69) is 24.1 Å². The number of hydrogen-bond acceptors (Lipinski definition) is 3. The maximum Gasteiger partial charge on any atom is 0.0869 e. The molecule has 2 fully saturated rings. The third kappa shape index (κ3) is 4.94. The molecular formula is C14H28N2O. The summed E-state index contributed by atoms with van der Waals surface area (Å²) in [6, 6.07) is 1.21. The molecular weight excluding hydrogens is 212 g/mol. The highest BCUT2D eigenvalue weighted by atomic mass is 16.3. The Morgan fingerprint density at radius 3 is 2.41 bits per heavy atom. The van der Waals surface area contributed by atoms with E-state index >= 15 is 0 Å². The maximum absolute atomic E-state index is 10.4. The highest BCUT2D eigenvalue weighted by Crippen LogP contribution is 2.35. The van der Waals surface area contributed by atoms with Gasteiger partial charge >= 0.3 is 0 Å². The molecule has 0 amide bonds. The molecule has 2 aliphatic carbocycles. The van der Waals surface area contributed by atoms with Crippen molar-refractivity contribution in [2.75, 3.05) is 19.6 Å². The van der Waals surface area contributed by atoms with Crippen LogP contribution in [0.1, 0.15) is 46.5 Å². The van der Waals surface area contributed by atoms with Gasteiger partial charge in [-0.2, -0.15) is 0 Å². The molecule has 1 unspecified atom stereocenters. The zero-order valence-corrected chi connectivity index (χ0v) is 11.6. The van der Waals surface area contributed by atoms with E-state index in [1.807, 2.05) is 6.92 Å². The molecule has 0 aromatic heterocycles. The van der Waals surface area contributed by atoms with E-state index < -0.39 is 5.60 Å². The predicted octanol–water partition coefficient (Wildman–Crippen LogP) is 1.61. The second-order valence-electron chi connectivity index (χ2n) is 6.64. The summed E-state index contributed by atoms with van der Waals surface area (Å²) in [7, 11) is 0. The minimum absolute atomic E-state index is 0.444. The molecule has 2 rings (SSSR count). The van der Waals surface area contributed by atoms with Crippen molar-refractivity contribution in [3.63, 3.8) is 0 Å². The smallest absolute Gasteiger partial charge is 0.0869 e. The van der Waals surface area contributed by atoms with Gasteiger partial charge in [0.15, 0.2) is 0 Å². The molecule has 0 spiro atoms. The van der Waals surface area contributed by atoms with Gasteiger partial charge in [0.25, 0.3) is 0 Å². The van der Waals surface area contributed by atoms with Crippen LogP contribution in [0.15, 0.2) is 0 Å². The molecule has 2 saturated carbocycles. The van der Waals surface area contributed by atoms with Gasteiger partial charge in [-0.15, -0.1) is 0 Å². The topological polar surface area (TPSA) is 35.5 Å². The SMILES string of the molecule is CC(C)NCC(C)(O)CN(CC1CC1)C1CC1. The molecule has 0 aliphatic heterocycles. The number of hydrogen-bond donors (Lipinski definition) is 2. The first-order valence-electron chi connectivity index (χ1n) is 7.16. The first-order chi connectivity index (χ1) is 7.96. The van der Waals surface area contributed by atoms with E-state index in [1.165, 1.54) is 32.2 Å². The Kier molecular flexibility index (Phi) is 4.11. The largest absolute Gasteiger partial charge is 0.388 e. The molecule has 0 heterocycles. The molecule has 1 atom stereocenters. The predicted molar refractivity (Wildman–Crippen MR) is 71.1 cm³/mol. The Morgan fingerprint density at radius 1 is 1.29 bits per heavy atom. The highest BCUT2D eigenvalue weighted by molar-refractivity contribution is 4.92. The van der Waals surface area contributed by atoms with Crippen LogP contribution in [-0.2, 0) is 0 Å². The van der Waals surface area contributed by atoms with Crippen LogP contribution in [-0.4, -0.2) is 47.3 Å². The van der Waals surface area contributed by atoms with Gasteiger partial charge < -0.3 is 10.4 Å². The van der Waals surface area contributed by atoms with Crippen LogP contribution in [0.2, 0.25) is 0 Å². The van der Waals surface area contributed by atoms with Crippen LogP contribution in [0, 0.1) is 5.92 Å². The fourth-order valence-electron chi connectivity index (χ4n) is 2.33. The zero-order valence-electron chi connectivity index (χ0n) is 11.6. The number of nitrogens with one attached hydrogen (secondary N) is 1. The fraction of sp³-hybridized carbons (Fsp3) is 1.00. The monoisotopic (exact) mass is 240 g/mol. The lowest BCUT2D eigenvalue weighted by atomic mass is 10.1. The van der Waals surface area contributed by atoms with Gasteiger partial charge in [0.2, 0.25) is 0 Å². The molecule has 3 nitrogen and oxygen atoms in total. The lowest BCUT2D eigenvalue weighted by molar-refractivity contribution is 0.0147. The summed E-state index contributed by atoms with van der Waals surface area (Å²) in [4.78, 5) is 2.53. The van der Waals surface area contributed by atoms with Crippen molar-refractivity contribution in [2.24, 2.45) is 5.92 Å². The summed E-state index contributed by atoms with van der Waals surface area (Å²) in [6.07, 6.45) is 5.46. The summed E-state index contributed by atoms with van der Waals surface area (Å²) in [5, 5.41) is 13.8. The van der Waals surface area contributed by atoms with Crippen molar-refractivity contribution in [2.45, 2.75) is 64.1 Å². The van der Waals surface area contributed by atoms with Gasteiger partial charge in [0.05, 0.1) is 5.60 Å². The van der Waals surface area contributed by atoms with E-state index in [1.54, 1.807) is 0 Å². The second-order valence-corrected chi connectivity index (χ2v) is 6.64. The molecule has 3 heteroatoms. The van der Waals surface area contributed by atoms with Crippen LogP contribution in [0.3, 0.4) is 0 Å². The summed E-state index contributed by atoms with van der Waals surface area (Å²) in [6.45, 7) is 8.94. The van der Waals surface area contributed by atoms with E-state index in [9.17, 15) is 5.11 Å². The van der Waals surface area contributed by atoms with Crippen LogP contribution < -0.4 is 5.32 Å². The van der Waals surface area contributed by atoms with Gasteiger partial charge in [0, 0.05) is 31.7 Å². The Hall–Kier alpha value is -0.120. The van der Waals surface area contributed by atoms with Crippen LogP contribution in [0.25, 0.3) is 0 Å². The Labute approximate surface area is 106 Å². The average molecular weight is 240 g/mol. The Bertz CT molecular complexity index is 245. The van der Waals surface area contributed by atoms with Crippen molar-refractivity contribution in [1.82, 2.24) is 10.2 Å². The van der Waals surface area contributed by atoms with E-state index in [0.717, 1.165) is 18.5 Å². The molecule has 0 aromatic rings. The van der Waals surface area contributed by atoms with Crippen molar-refractivity contribution >= 4 is 0 Å². The van der Waals surface area contributed by atoms with Crippen LogP contribution in [0.5, 0.6) is 0 Å². The molecule has 2 aliphatic rings. The highest BCUT2D eigenvalue weighted by Gasteiger charge is 2.37. The molecule has 0 saturated heterocycles. The van der Waals surface area contributed by atoms with Gasteiger partial charge in [-0.25, -0.2) is 0 Å². The molecule has 0 aromatic carbocycles. The molecule has 17 heavy (non-hydrogen) atoms. The normalized spacial score (nSPS) is 24.4. The molecule has 100 valence electrons. The van der Waals surface area contributed by atoms with Crippen molar-refractivity contribution < 1.29 is 5.11 Å². The zero-order chi connectivity index (χ0) is 12.5. The third-order valence-corrected chi connectivity index (χ3v) is 3.69. The van der Waals surface area contributed by atoms with Crippen molar-refractivity contribution in [1.29, 1.82) is 0 Å². The van der Waals surface area contributed by atoms with Gasteiger partial charge in [0.1, 0.15) is 0 Å². The summed E-state index contributed by atoms with van der Waals surface area (Å²) < 4.78 is 0. The quantitative estimate of drug-likeness (QED) is 0.676. The van der Waals surface area contributed by atoms with E-state index in [0.29, 0.717) is 12.6 Å². The minimum atomic E-state index is -0.595. The number of aliphatic hydroxyl groups is 1. The molecule has 0 bridgehead atoms. The second kappa shape index (κ2) is 5.25. The summed E-state index contributed by atoms with van der Waals surface area (Å²) in [5.41, 5.74) is -0.595. The summed E-state index contributed by atoms with van der Waals surface area (Å²) >= 11 is 0. The summed E-state index contributed by atoms with van der Waals surface area (Å²) in [5.74, 6) is 0.921. The first-order valence-corrected chi connectivity index (χ1v) is 7.16. The maximum atomic E-state index is 10.4. The number of nitrogens with zero attached hydrogens (tertiary/aromatic N) is 1. The first kappa shape index (κ1) is 13.3. The third-order valence-electron chi connectivity index (χ3n) is 3.69. The Balaban J connectivity index is 1.77. The van der Waals surface area contributed by atoms with Gasteiger partial charge in [-0.3, -0.25) is 4.90 Å². The van der Waals surface area contributed by atoms with Crippen LogP contribution >= 0.6 is 0 Å². The van der Waals surface area contributed by atoms with Gasteiger partial charge in [-0.05, 0) is 38.5 Å². The van der Waals surface area contributed by atoms with Crippen LogP contribution in [0.4, 0.5) is 0 Å². The standard InChI is InChI=1S/C14H28N2O/c1-11(2)15-9-14(3,17)10-16(13-6-7-13)8-12-4-5-12/h11-13,15,17H,4-10H2,1-3H3. The van der Waals surface area contributed by atoms with E-state index in [-0.39, 0.29) is 0 Å². The fourth-order valence-corrected chi connectivity index (χ4v) is 2.33. The van der Waals surface area contributed by atoms with Crippen molar-refractivity contribution in [3.8, 4) is 0 Å². The van der Waals surface area contributed by atoms with E-state index in [4.69, 9.17) is 0 Å². The molecule has 0 radical (unpaired) electrons. The Morgan fingerprint density at radius 2 is 1.94 bits per heavy atom. The lowest BCUT2D eigenvalue weighted by Gasteiger charge is -2.32. The van der Waals surface area contributed by atoms with Gasteiger partial charge in [-0.1, -0.05) is 13.8 Å². The molecule has 2 N–H and O–H groups in total.